The maximum Gasteiger partial charge on any atom is 0.179 e. The average molecular weight is 247 g/mol. The van der Waals surface area contributed by atoms with Gasteiger partial charge in [0, 0.05) is 18.7 Å². The summed E-state index contributed by atoms with van der Waals surface area (Å²) in [5.41, 5.74) is 1.94. The van der Waals surface area contributed by atoms with E-state index in [-0.39, 0.29) is 17.9 Å². The Hall–Kier alpha value is -1.19. The van der Waals surface area contributed by atoms with Crippen LogP contribution in [0.15, 0.2) is 24.3 Å². The highest BCUT2D eigenvalue weighted by Crippen LogP contribution is 2.16. The van der Waals surface area contributed by atoms with Crippen LogP contribution in [0.3, 0.4) is 0 Å². The van der Waals surface area contributed by atoms with E-state index < -0.39 is 0 Å². The highest BCUT2D eigenvalue weighted by atomic mass is 16.3. The molecule has 0 radical (unpaired) electrons. The lowest BCUT2D eigenvalue weighted by Crippen LogP contribution is -2.45. The maximum absolute atomic E-state index is 12.3. The molecule has 0 bridgehead atoms. The number of carbonyl (C=O) groups excluding carboxylic acids is 1. The molecule has 18 heavy (non-hydrogen) atoms. The van der Waals surface area contributed by atoms with Crippen LogP contribution in [-0.2, 0) is 0 Å². The fourth-order valence-corrected chi connectivity index (χ4v) is 2.40. The molecule has 0 amide bonds. The summed E-state index contributed by atoms with van der Waals surface area (Å²) in [6, 6.07) is 7.64. The summed E-state index contributed by atoms with van der Waals surface area (Å²) in [7, 11) is 0. The smallest absolute Gasteiger partial charge is 0.179 e. The highest BCUT2D eigenvalue weighted by molar-refractivity contribution is 5.99. The third-order valence-corrected chi connectivity index (χ3v) is 3.76. The fraction of sp³-hybridized carbons (Fsp3) is 0.533. The van der Waals surface area contributed by atoms with Gasteiger partial charge in [0.05, 0.1) is 12.1 Å². The van der Waals surface area contributed by atoms with Gasteiger partial charge in [0.25, 0.3) is 0 Å². The first-order chi connectivity index (χ1) is 8.58. The molecule has 1 aromatic carbocycles. The molecule has 1 unspecified atom stereocenters. The van der Waals surface area contributed by atoms with E-state index >= 15 is 0 Å². The monoisotopic (exact) mass is 247 g/mol. The molecule has 1 N–H and O–H groups in total. The Labute approximate surface area is 108 Å². The van der Waals surface area contributed by atoms with Crippen LogP contribution in [0.1, 0.15) is 35.7 Å². The van der Waals surface area contributed by atoms with Crippen molar-refractivity contribution in [3.8, 4) is 0 Å². The van der Waals surface area contributed by atoms with E-state index in [9.17, 15) is 9.90 Å². The number of benzene rings is 1. The number of piperidine rings is 1. The zero-order valence-electron chi connectivity index (χ0n) is 11.1. The van der Waals surface area contributed by atoms with Crippen molar-refractivity contribution in [2.45, 2.75) is 38.8 Å². The second-order valence-corrected chi connectivity index (χ2v) is 5.17. The van der Waals surface area contributed by atoms with Crippen molar-refractivity contribution in [3.05, 3.63) is 35.4 Å². The first kappa shape index (κ1) is 13.2. The summed E-state index contributed by atoms with van der Waals surface area (Å²) in [5.74, 6) is 0.173. The molecule has 0 spiro atoms. The number of likely N-dealkylation sites (tertiary alicyclic amines) is 1. The average Bonchev–Trinajstić information content (AvgIpc) is 2.39. The molecule has 1 aliphatic heterocycles. The van der Waals surface area contributed by atoms with E-state index in [1.54, 1.807) is 0 Å². The summed E-state index contributed by atoms with van der Waals surface area (Å²) in [5, 5.41) is 9.48. The largest absolute Gasteiger partial charge is 0.393 e. The van der Waals surface area contributed by atoms with Crippen molar-refractivity contribution in [3.63, 3.8) is 0 Å². The van der Waals surface area contributed by atoms with E-state index in [0.717, 1.165) is 31.5 Å². The van der Waals surface area contributed by atoms with Gasteiger partial charge in [-0.05, 0) is 26.7 Å². The van der Waals surface area contributed by atoms with Crippen molar-refractivity contribution in [1.82, 2.24) is 4.90 Å². The molecule has 3 nitrogen and oxygen atoms in total. The quantitative estimate of drug-likeness (QED) is 0.831. The van der Waals surface area contributed by atoms with Crippen LogP contribution in [0.4, 0.5) is 0 Å². The molecule has 0 aliphatic carbocycles. The number of ketones is 1. The van der Waals surface area contributed by atoms with Gasteiger partial charge in [0.1, 0.15) is 0 Å². The van der Waals surface area contributed by atoms with Crippen molar-refractivity contribution in [2.75, 3.05) is 13.1 Å². The third-order valence-electron chi connectivity index (χ3n) is 3.76. The number of hydrogen-bond acceptors (Lipinski definition) is 3. The second kappa shape index (κ2) is 5.63. The Morgan fingerprint density at radius 2 is 1.83 bits per heavy atom. The Balaban J connectivity index is 2.02. The Bertz CT molecular complexity index is 405. The predicted octanol–water partition coefficient (Wildman–Crippen LogP) is 2.02. The number of Topliss-reactive ketones (excluding diaryl/α,β-unsaturated/α-hetero) is 1. The Morgan fingerprint density at radius 3 is 2.39 bits per heavy atom. The summed E-state index contributed by atoms with van der Waals surface area (Å²) < 4.78 is 0. The molecule has 1 aromatic rings. The second-order valence-electron chi connectivity index (χ2n) is 5.17. The molecule has 0 saturated carbocycles. The van der Waals surface area contributed by atoms with Crippen LogP contribution < -0.4 is 0 Å². The SMILES string of the molecule is Cc1ccc(C(=O)C(C)N2CCC(O)CC2)cc1. The van der Waals surface area contributed by atoms with Crippen LogP contribution in [-0.4, -0.2) is 41.0 Å². The lowest BCUT2D eigenvalue weighted by atomic mass is 10.00. The zero-order chi connectivity index (χ0) is 13.1. The van der Waals surface area contributed by atoms with Gasteiger partial charge in [-0.2, -0.15) is 0 Å². The molecule has 3 heteroatoms. The Kier molecular flexibility index (Phi) is 4.15. The minimum atomic E-state index is -0.192. The van der Waals surface area contributed by atoms with Crippen LogP contribution in [0.2, 0.25) is 0 Å². The molecule has 1 heterocycles. The van der Waals surface area contributed by atoms with E-state index in [4.69, 9.17) is 0 Å². The third kappa shape index (κ3) is 2.98. The van der Waals surface area contributed by atoms with Gasteiger partial charge < -0.3 is 5.11 Å². The topological polar surface area (TPSA) is 40.5 Å². The number of rotatable bonds is 3. The fourth-order valence-electron chi connectivity index (χ4n) is 2.40. The standard InChI is InChI=1S/C15H21NO2/c1-11-3-5-13(6-4-11)15(18)12(2)16-9-7-14(17)8-10-16/h3-6,12,14,17H,7-10H2,1-2H3. The molecule has 2 rings (SSSR count). The van der Waals surface area contributed by atoms with E-state index in [1.165, 1.54) is 5.56 Å². The van der Waals surface area contributed by atoms with Crippen molar-refractivity contribution >= 4 is 5.78 Å². The number of aryl methyl sites for hydroxylation is 1. The minimum Gasteiger partial charge on any atom is -0.393 e. The van der Waals surface area contributed by atoms with Crippen molar-refractivity contribution in [1.29, 1.82) is 0 Å². The van der Waals surface area contributed by atoms with Crippen molar-refractivity contribution < 1.29 is 9.90 Å². The molecule has 98 valence electrons. The molecular weight excluding hydrogens is 226 g/mol. The lowest BCUT2D eigenvalue weighted by molar-refractivity contribution is 0.0549. The number of aliphatic hydroxyl groups is 1. The molecule has 0 aromatic heterocycles. The van der Waals surface area contributed by atoms with E-state index in [1.807, 2.05) is 38.1 Å². The number of carbonyl (C=O) groups is 1. The zero-order valence-corrected chi connectivity index (χ0v) is 11.1. The van der Waals surface area contributed by atoms with Crippen molar-refractivity contribution in [2.24, 2.45) is 0 Å². The maximum atomic E-state index is 12.3. The van der Waals surface area contributed by atoms with Gasteiger partial charge in [0.15, 0.2) is 5.78 Å². The number of nitrogens with zero attached hydrogens (tertiary/aromatic N) is 1. The van der Waals surface area contributed by atoms with E-state index in [2.05, 4.69) is 4.90 Å². The summed E-state index contributed by atoms with van der Waals surface area (Å²) >= 11 is 0. The van der Waals surface area contributed by atoms with Gasteiger partial charge in [-0.15, -0.1) is 0 Å². The van der Waals surface area contributed by atoms with E-state index in [0.29, 0.717) is 0 Å². The molecule has 1 atom stereocenters. The lowest BCUT2D eigenvalue weighted by Gasteiger charge is -2.33. The van der Waals surface area contributed by atoms with Crippen LogP contribution >= 0.6 is 0 Å². The summed E-state index contributed by atoms with van der Waals surface area (Å²) in [4.78, 5) is 14.5. The summed E-state index contributed by atoms with van der Waals surface area (Å²) in [6.45, 7) is 5.59. The Morgan fingerprint density at radius 1 is 1.28 bits per heavy atom. The first-order valence-electron chi connectivity index (χ1n) is 6.61. The normalized spacial score (nSPS) is 19.7. The first-order valence-corrected chi connectivity index (χ1v) is 6.61. The van der Waals surface area contributed by atoms with Gasteiger partial charge in [0.2, 0.25) is 0 Å². The van der Waals surface area contributed by atoms with Gasteiger partial charge >= 0.3 is 0 Å². The molecule has 1 aliphatic rings. The molecular formula is C15H21NO2. The highest BCUT2D eigenvalue weighted by Gasteiger charge is 2.26. The molecule has 1 fully saturated rings. The number of hydrogen-bond donors (Lipinski definition) is 1. The molecule has 1 saturated heterocycles. The van der Waals surface area contributed by atoms with Gasteiger partial charge in [-0.25, -0.2) is 0 Å². The van der Waals surface area contributed by atoms with Gasteiger partial charge in [-0.1, -0.05) is 29.8 Å². The number of aliphatic hydroxyl groups excluding tert-OH is 1. The van der Waals surface area contributed by atoms with Crippen LogP contribution in [0.25, 0.3) is 0 Å². The minimum absolute atomic E-state index is 0.0970. The van der Waals surface area contributed by atoms with Gasteiger partial charge in [-0.3, -0.25) is 9.69 Å². The summed E-state index contributed by atoms with van der Waals surface area (Å²) in [6.07, 6.45) is 1.35. The van der Waals surface area contributed by atoms with Crippen LogP contribution in [0, 0.1) is 6.92 Å². The van der Waals surface area contributed by atoms with Crippen LogP contribution in [0.5, 0.6) is 0 Å². The predicted molar refractivity (Wildman–Crippen MR) is 71.8 cm³/mol.